The van der Waals surface area contributed by atoms with Gasteiger partial charge in [0, 0.05) is 17.9 Å². The predicted molar refractivity (Wildman–Crippen MR) is 69.6 cm³/mol. The number of rotatable bonds is 4. The van der Waals surface area contributed by atoms with Crippen molar-refractivity contribution in [3.8, 4) is 16.3 Å². The number of hydrogen-bond donors (Lipinski definition) is 1. The zero-order valence-electron chi connectivity index (χ0n) is 9.93. The molecular weight excluding hydrogens is 234 g/mol. The summed E-state index contributed by atoms with van der Waals surface area (Å²) in [6, 6.07) is 7.84. The molecular formula is C13H15NO2S. The maximum absolute atomic E-state index is 8.98. The Hall–Kier alpha value is -1.39. The zero-order chi connectivity index (χ0) is 12.3. The molecule has 0 saturated carbocycles. The first-order valence-electron chi connectivity index (χ1n) is 5.46. The standard InChI is InChI=1S/C13H15NO2S/c1-9-12(7-8-15)17-13(14-9)10-5-3-4-6-11(10)16-2/h3-6,15H,7-8H2,1-2H3. The summed E-state index contributed by atoms with van der Waals surface area (Å²) >= 11 is 1.62. The van der Waals surface area contributed by atoms with Crippen LogP contribution in [0, 0.1) is 6.92 Å². The molecule has 0 fully saturated rings. The second-order valence-electron chi connectivity index (χ2n) is 3.70. The maximum atomic E-state index is 8.98. The second-order valence-corrected chi connectivity index (χ2v) is 4.79. The van der Waals surface area contributed by atoms with Gasteiger partial charge in [0.1, 0.15) is 10.8 Å². The third-order valence-corrected chi connectivity index (χ3v) is 3.82. The lowest BCUT2D eigenvalue weighted by Crippen LogP contribution is -1.88. The number of benzene rings is 1. The highest BCUT2D eigenvalue weighted by atomic mass is 32.1. The number of aryl methyl sites for hydroxylation is 1. The first-order chi connectivity index (χ1) is 8.26. The molecule has 1 aromatic carbocycles. The van der Waals surface area contributed by atoms with Crippen LogP contribution in [-0.4, -0.2) is 23.8 Å². The van der Waals surface area contributed by atoms with E-state index in [2.05, 4.69) is 4.98 Å². The average Bonchev–Trinajstić information content (AvgIpc) is 2.71. The Morgan fingerprint density at radius 1 is 1.35 bits per heavy atom. The molecule has 4 heteroatoms. The van der Waals surface area contributed by atoms with Crippen LogP contribution in [0.3, 0.4) is 0 Å². The molecule has 0 radical (unpaired) electrons. The fraction of sp³-hybridized carbons (Fsp3) is 0.308. The summed E-state index contributed by atoms with van der Waals surface area (Å²) in [7, 11) is 1.66. The number of aliphatic hydroxyl groups excluding tert-OH is 1. The van der Waals surface area contributed by atoms with Crippen LogP contribution < -0.4 is 4.74 Å². The molecule has 1 aromatic heterocycles. The van der Waals surface area contributed by atoms with Crippen molar-refractivity contribution in [2.24, 2.45) is 0 Å². The van der Waals surface area contributed by atoms with Crippen molar-refractivity contribution in [3.63, 3.8) is 0 Å². The minimum atomic E-state index is 0.161. The normalized spacial score (nSPS) is 10.5. The van der Waals surface area contributed by atoms with Gasteiger partial charge in [-0.05, 0) is 19.1 Å². The topological polar surface area (TPSA) is 42.4 Å². The molecule has 0 aliphatic heterocycles. The Bertz CT molecular complexity index is 508. The van der Waals surface area contributed by atoms with E-state index in [4.69, 9.17) is 9.84 Å². The highest BCUT2D eigenvalue weighted by Crippen LogP contribution is 2.34. The largest absolute Gasteiger partial charge is 0.496 e. The number of para-hydroxylation sites is 1. The number of methoxy groups -OCH3 is 1. The van der Waals surface area contributed by atoms with Gasteiger partial charge in [0.15, 0.2) is 0 Å². The quantitative estimate of drug-likeness (QED) is 0.905. The van der Waals surface area contributed by atoms with Gasteiger partial charge in [0.25, 0.3) is 0 Å². The highest BCUT2D eigenvalue weighted by Gasteiger charge is 2.12. The molecule has 2 rings (SSSR count). The summed E-state index contributed by atoms with van der Waals surface area (Å²) in [6.45, 7) is 2.13. The van der Waals surface area contributed by atoms with Gasteiger partial charge in [-0.3, -0.25) is 0 Å². The molecule has 0 aliphatic rings. The van der Waals surface area contributed by atoms with E-state index >= 15 is 0 Å². The summed E-state index contributed by atoms with van der Waals surface area (Å²) in [4.78, 5) is 5.67. The van der Waals surface area contributed by atoms with E-state index in [0.717, 1.165) is 26.9 Å². The Morgan fingerprint density at radius 3 is 2.82 bits per heavy atom. The fourth-order valence-electron chi connectivity index (χ4n) is 1.70. The number of aliphatic hydroxyl groups is 1. The summed E-state index contributed by atoms with van der Waals surface area (Å²) in [5, 5.41) is 9.93. The Kier molecular flexibility index (Phi) is 3.76. The van der Waals surface area contributed by atoms with E-state index < -0.39 is 0 Å². The van der Waals surface area contributed by atoms with Crippen LogP contribution in [0.2, 0.25) is 0 Å². The summed E-state index contributed by atoms with van der Waals surface area (Å²) < 4.78 is 5.33. The van der Waals surface area contributed by atoms with E-state index in [-0.39, 0.29) is 6.61 Å². The van der Waals surface area contributed by atoms with E-state index in [1.54, 1.807) is 18.4 Å². The van der Waals surface area contributed by atoms with E-state index in [1.807, 2.05) is 31.2 Å². The van der Waals surface area contributed by atoms with Crippen LogP contribution in [-0.2, 0) is 6.42 Å². The van der Waals surface area contributed by atoms with Crippen molar-refractivity contribution < 1.29 is 9.84 Å². The van der Waals surface area contributed by atoms with Crippen molar-refractivity contribution >= 4 is 11.3 Å². The molecule has 1 N–H and O–H groups in total. The van der Waals surface area contributed by atoms with Crippen molar-refractivity contribution in [1.29, 1.82) is 0 Å². The second kappa shape index (κ2) is 5.29. The van der Waals surface area contributed by atoms with Crippen molar-refractivity contribution in [2.45, 2.75) is 13.3 Å². The Morgan fingerprint density at radius 2 is 2.12 bits per heavy atom. The molecule has 0 bridgehead atoms. The van der Waals surface area contributed by atoms with Crippen LogP contribution in [0.25, 0.3) is 10.6 Å². The lowest BCUT2D eigenvalue weighted by Gasteiger charge is -2.04. The first kappa shape index (κ1) is 12.1. The first-order valence-corrected chi connectivity index (χ1v) is 6.28. The summed E-state index contributed by atoms with van der Waals surface area (Å²) in [6.07, 6.45) is 0.665. The highest BCUT2D eigenvalue weighted by molar-refractivity contribution is 7.15. The molecule has 0 atom stereocenters. The lowest BCUT2D eigenvalue weighted by atomic mass is 10.2. The van der Waals surface area contributed by atoms with Gasteiger partial charge < -0.3 is 9.84 Å². The molecule has 17 heavy (non-hydrogen) atoms. The van der Waals surface area contributed by atoms with Crippen LogP contribution >= 0.6 is 11.3 Å². The molecule has 2 aromatic rings. The average molecular weight is 249 g/mol. The molecule has 1 heterocycles. The van der Waals surface area contributed by atoms with Crippen LogP contribution in [0.5, 0.6) is 5.75 Å². The van der Waals surface area contributed by atoms with Crippen molar-refractivity contribution in [3.05, 3.63) is 34.8 Å². The lowest BCUT2D eigenvalue weighted by molar-refractivity contribution is 0.300. The fourth-order valence-corrected chi connectivity index (χ4v) is 2.78. The smallest absolute Gasteiger partial charge is 0.129 e. The molecule has 0 unspecified atom stereocenters. The number of thiazole rings is 1. The van der Waals surface area contributed by atoms with E-state index in [9.17, 15) is 0 Å². The third-order valence-electron chi connectivity index (χ3n) is 2.57. The molecule has 3 nitrogen and oxygen atoms in total. The molecule has 0 aliphatic carbocycles. The van der Waals surface area contributed by atoms with Crippen molar-refractivity contribution in [2.75, 3.05) is 13.7 Å². The van der Waals surface area contributed by atoms with Gasteiger partial charge in [-0.2, -0.15) is 0 Å². The zero-order valence-corrected chi connectivity index (χ0v) is 10.8. The van der Waals surface area contributed by atoms with E-state index in [0.29, 0.717) is 6.42 Å². The number of aromatic nitrogens is 1. The molecule has 0 amide bonds. The monoisotopic (exact) mass is 249 g/mol. The van der Waals surface area contributed by atoms with Gasteiger partial charge in [-0.1, -0.05) is 12.1 Å². The van der Waals surface area contributed by atoms with E-state index in [1.165, 1.54) is 0 Å². The summed E-state index contributed by atoms with van der Waals surface area (Å²) in [5.41, 5.74) is 2.00. The minimum Gasteiger partial charge on any atom is -0.496 e. The third kappa shape index (κ3) is 2.48. The van der Waals surface area contributed by atoms with Gasteiger partial charge in [0.05, 0.1) is 18.4 Å². The predicted octanol–water partition coefficient (Wildman–Crippen LogP) is 2.66. The maximum Gasteiger partial charge on any atom is 0.129 e. The SMILES string of the molecule is COc1ccccc1-c1nc(C)c(CCO)s1. The molecule has 0 saturated heterocycles. The Balaban J connectivity index is 2.42. The number of nitrogens with zero attached hydrogens (tertiary/aromatic N) is 1. The Labute approximate surface area is 105 Å². The number of hydrogen-bond acceptors (Lipinski definition) is 4. The van der Waals surface area contributed by atoms with Crippen LogP contribution in [0.1, 0.15) is 10.6 Å². The molecule has 90 valence electrons. The van der Waals surface area contributed by atoms with Gasteiger partial charge >= 0.3 is 0 Å². The van der Waals surface area contributed by atoms with Crippen LogP contribution in [0.4, 0.5) is 0 Å². The number of ether oxygens (including phenoxy) is 1. The minimum absolute atomic E-state index is 0.161. The molecule has 0 spiro atoms. The van der Waals surface area contributed by atoms with Gasteiger partial charge in [-0.15, -0.1) is 11.3 Å². The van der Waals surface area contributed by atoms with Gasteiger partial charge in [-0.25, -0.2) is 4.98 Å². The van der Waals surface area contributed by atoms with Crippen molar-refractivity contribution in [1.82, 2.24) is 4.98 Å². The van der Waals surface area contributed by atoms with Crippen LogP contribution in [0.15, 0.2) is 24.3 Å². The van der Waals surface area contributed by atoms with Gasteiger partial charge in [0.2, 0.25) is 0 Å². The summed E-state index contributed by atoms with van der Waals surface area (Å²) in [5.74, 6) is 0.830.